The van der Waals surface area contributed by atoms with Crippen molar-refractivity contribution in [2.45, 2.75) is 32.9 Å². The third-order valence-corrected chi connectivity index (χ3v) is 4.60. The number of carbonyl (C=O) groups excluding carboxylic acids is 1. The van der Waals surface area contributed by atoms with Crippen LogP contribution in [0.5, 0.6) is 5.75 Å². The predicted molar refractivity (Wildman–Crippen MR) is 105 cm³/mol. The number of amides is 1. The lowest BCUT2D eigenvalue weighted by molar-refractivity contribution is 0.0938. The second kappa shape index (κ2) is 7.59. The topological polar surface area (TPSA) is 83.0 Å². The van der Waals surface area contributed by atoms with E-state index < -0.39 is 11.5 Å². The number of aromatic nitrogens is 3. The van der Waals surface area contributed by atoms with Crippen LogP contribution in [0.2, 0.25) is 5.02 Å². The van der Waals surface area contributed by atoms with E-state index in [1.54, 1.807) is 24.3 Å². The molecule has 0 unspecified atom stereocenters. The van der Waals surface area contributed by atoms with E-state index in [1.807, 2.05) is 25.3 Å². The Balaban J connectivity index is 1.99. The van der Waals surface area contributed by atoms with Crippen LogP contribution >= 0.6 is 11.6 Å². The van der Waals surface area contributed by atoms with Crippen molar-refractivity contribution >= 4 is 17.5 Å². The lowest BCUT2D eigenvalue weighted by atomic mass is 10.1. The van der Waals surface area contributed by atoms with Gasteiger partial charge < -0.3 is 15.0 Å². The first-order chi connectivity index (χ1) is 13.2. The summed E-state index contributed by atoms with van der Waals surface area (Å²) in [5.74, 6) is 0.763. The maximum atomic E-state index is 13.1. The van der Waals surface area contributed by atoms with Crippen molar-refractivity contribution in [1.29, 1.82) is 0 Å². The smallest absolute Gasteiger partial charge is 0.248 e. The Hall–Kier alpha value is -2.93. The Kier molecular flexibility index (Phi) is 5.38. The van der Waals surface area contributed by atoms with Gasteiger partial charge in [-0.25, -0.2) is 4.39 Å². The average Bonchev–Trinajstić information content (AvgIpc) is 3.08. The molecule has 2 N–H and O–H groups in total. The zero-order valence-corrected chi connectivity index (χ0v) is 16.5. The van der Waals surface area contributed by atoms with E-state index in [9.17, 15) is 9.18 Å². The average molecular weight is 403 g/mol. The van der Waals surface area contributed by atoms with Gasteiger partial charge in [0.25, 0.3) is 0 Å². The fourth-order valence-electron chi connectivity index (χ4n) is 2.94. The highest BCUT2D eigenvalue weighted by molar-refractivity contribution is 6.33. The first-order valence-electron chi connectivity index (χ1n) is 8.71. The minimum Gasteiger partial charge on any atom is -0.480 e. The Morgan fingerprint density at radius 2 is 1.89 bits per heavy atom. The molecule has 0 atom stereocenters. The molecular weight excluding hydrogens is 383 g/mol. The number of halogens is 2. The number of benzene rings is 2. The summed E-state index contributed by atoms with van der Waals surface area (Å²) in [6.45, 7) is 6.24. The van der Waals surface area contributed by atoms with Crippen molar-refractivity contribution in [3.8, 4) is 17.1 Å². The van der Waals surface area contributed by atoms with Gasteiger partial charge in [-0.2, -0.15) is 0 Å². The van der Waals surface area contributed by atoms with E-state index in [-0.39, 0.29) is 5.82 Å². The molecule has 0 spiro atoms. The molecule has 0 aliphatic carbocycles. The van der Waals surface area contributed by atoms with Crippen molar-refractivity contribution in [2.24, 2.45) is 5.73 Å². The number of rotatable bonds is 6. The first kappa shape index (κ1) is 19.8. The molecule has 1 aromatic heterocycles. The second-order valence-corrected chi connectivity index (χ2v) is 7.12. The van der Waals surface area contributed by atoms with E-state index in [4.69, 9.17) is 22.1 Å². The van der Waals surface area contributed by atoms with Crippen molar-refractivity contribution < 1.29 is 13.9 Å². The maximum absolute atomic E-state index is 13.1. The highest BCUT2D eigenvalue weighted by atomic mass is 35.5. The normalized spacial score (nSPS) is 11.5. The quantitative estimate of drug-likeness (QED) is 0.670. The number of nitrogens with two attached hydrogens (primary N) is 1. The molecule has 6 nitrogen and oxygen atoms in total. The van der Waals surface area contributed by atoms with Crippen LogP contribution < -0.4 is 10.5 Å². The van der Waals surface area contributed by atoms with Crippen LogP contribution in [0.4, 0.5) is 4.39 Å². The second-order valence-electron chi connectivity index (χ2n) is 6.72. The molecule has 2 aromatic carbocycles. The molecule has 3 aromatic rings. The Bertz CT molecular complexity index is 1020. The van der Waals surface area contributed by atoms with Gasteiger partial charge in [-0.3, -0.25) is 4.79 Å². The summed E-state index contributed by atoms with van der Waals surface area (Å²) >= 11 is 6.35. The summed E-state index contributed by atoms with van der Waals surface area (Å²) in [7, 11) is 0. The van der Waals surface area contributed by atoms with Crippen LogP contribution in [0.1, 0.15) is 37.0 Å². The molecular formula is C20H20ClFN4O2. The molecule has 0 bridgehead atoms. The summed E-state index contributed by atoms with van der Waals surface area (Å²) < 4.78 is 21.1. The van der Waals surface area contributed by atoms with Crippen molar-refractivity contribution in [3.05, 3.63) is 64.7 Å². The predicted octanol–water partition coefficient (Wildman–Crippen LogP) is 4.17. The SMILES string of the molecule is CCn1c(-c2ccc(C(N)=O)cc2Cl)nnc1C(C)(C)Oc1ccc(F)cc1. The highest BCUT2D eigenvalue weighted by Gasteiger charge is 2.31. The molecule has 0 fully saturated rings. The van der Waals surface area contributed by atoms with E-state index >= 15 is 0 Å². The zero-order valence-electron chi connectivity index (χ0n) is 15.7. The Morgan fingerprint density at radius 1 is 1.21 bits per heavy atom. The van der Waals surface area contributed by atoms with Gasteiger partial charge in [-0.05, 0) is 63.2 Å². The number of hydrogen-bond donors (Lipinski definition) is 1. The minimum atomic E-state index is -0.835. The fraction of sp³-hybridized carbons (Fsp3) is 0.250. The number of carbonyl (C=O) groups is 1. The summed E-state index contributed by atoms with van der Waals surface area (Å²) in [6, 6.07) is 10.6. The van der Waals surface area contributed by atoms with Crippen molar-refractivity contribution in [2.75, 3.05) is 0 Å². The van der Waals surface area contributed by atoms with Gasteiger partial charge in [0.15, 0.2) is 17.2 Å². The van der Waals surface area contributed by atoms with Crippen molar-refractivity contribution in [3.63, 3.8) is 0 Å². The molecule has 1 heterocycles. The standard InChI is InChI=1S/C20H20ClFN4O2/c1-4-26-18(15-10-5-12(17(23)27)11-16(15)21)24-25-19(26)20(2,3)28-14-8-6-13(22)7-9-14/h5-11H,4H2,1-3H3,(H2,23,27). The van der Waals surface area contributed by atoms with Gasteiger partial charge in [0.2, 0.25) is 5.91 Å². The minimum absolute atomic E-state index is 0.316. The molecule has 146 valence electrons. The van der Waals surface area contributed by atoms with Crippen LogP contribution in [0.3, 0.4) is 0 Å². The zero-order chi connectivity index (χ0) is 20.5. The Morgan fingerprint density at radius 3 is 2.46 bits per heavy atom. The molecule has 0 aliphatic rings. The molecule has 1 amide bonds. The highest BCUT2D eigenvalue weighted by Crippen LogP contribution is 2.32. The van der Waals surface area contributed by atoms with Crippen molar-refractivity contribution in [1.82, 2.24) is 14.8 Å². The van der Waals surface area contributed by atoms with Gasteiger partial charge in [0.1, 0.15) is 11.6 Å². The summed E-state index contributed by atoms with van der Waals surface area (Å²) in [6.07, 6.45) is 0. The Labute approximate surface area is 167 Å². The van der Waals surface area contributed by atoms with Gasteiger partial charge in [0, 0.05) is 17.7 Å². The van der Waals surface area contributed by atoms with E-state index in [0.717, 1.165) is 0 Å². The third kappa shape index (κ3) is 3.84. The monoisotopic (exact) mass is 402 g/mol. The number of ether oxygens (including phenoxy) is 1. The van der Waals surface area contributed by atoms with Crippen LogP contribution in [-0.4, -0.2) is 20.7 Å². The number of nitrogens with zero attached hydrogens (tertiary/aromatic N) is 3. The summed E-state index contributed by atoms with van der Waals surface area (Å²) in [5.41, 5.74) is 5.41. The first-order valence-corrected chi connectivity index (χ1v) is 9.08. The van der Waals surface area contributed by atoms with Gasteiger partial charge in [-0.15, -0.1) is 10.2 Å². The molecule has 3 rings (SSSR count). The summed E-state index contributed by atoms with van der Waals surface area (Å²) in [5, 5.41) is 8.95. The molecule has 0 aliphatic heterocycles. The van der Waals surface area contributed by atoms with Gasteiger partial charge >= 0.3 is 0 Å². The molecule has 8 heteroatoms. The number of primary amides is 1. The van der Waals surface area contributed by atoms with Gasteiger partial charge in [-0.1, -0.05) is 11.6 Å². The van der Waals surface area contributed by atoms with E-state index in [2.05, 4.69) is 10.2 Å². The molecule has 0 radical (unpaired) electrons. The van der Waals surface area contributed by atoms with E-state index in [1.165, 1.54) is 18.2 Å². The van der Waals surface area contributed by atoms with Gasteiger partial charge in [0.05, 0.1) is 5.02 Å². The molecule has 0 saturated heterocycles. The van der Waals surface area contributed by atoms with Crippen LogP contribution in [0.15, 0.2) is 42.5 Å². The largest absolute Gasteiger partial charge is 0.480 e. The van der Waals surface area contributed by atoms with Crippen LogP contribution in [0, 0.1) is 5.82 Å². The third-order valence-electron chi connectivity index (χ3n) is 4.29. The van der Waals surface area contributed by atoms with Crippen LogP contribution in [-0.2, 0) is 12.1 Å². The molecule has 0 saturated carbocycles. The lowest BCUT2D eigenvalue weighted by Gasteiger charge is -2.26. The van der Waals surface area contributed by atoms with E-state index in [0.29, 0.717) is 40.1 Å². The number of hydrogen-bond acceptors (Lipinski definition) is 4. The molecule has 28 heavy (non-hydrogen) atoms. The van der Waals surface area contributed by atoms with Crippen LogP contribution in [0.25, 0.3) is 11.4 Å². The lowest BCUT2D eigenvalue weighted by Crippen LogP contribution is -2.29. The fourth-order valence-corrected chi connectivity index (χ4v) is 3.20. The maximum Gasteiger partial charge on any atom is 0.248 e. The summed E-state index contributed by atoms with van der Waals surface area (Å²) in [4.78, 5) is 11.3.